The van der Waals surface area contributed by atoms with Crippen molar-refractivity contribution in [3.63, 3.8) is 0 Å². The lowest BCUT2D eigenvalue weighted by Gasteiger charge is -2.49. The molecule has 3 fully saturated rings. The number of amides is 3. The Morgan fingerprint density at radius 2 is 1.59 bits per heavy atom. The van der Waals surface area contributed by atoms with E-state index in [4.69, 9.17) is 10.6 Å². The van der Waals surface area contributed by atoms with Crippen molar-refractivity contribution in [2.45, 2.75) is 29.5 Å². The Balaban J connectivity index is 1.10. The third-order valence-electron chi connectivity index (χ3n) is 9.88. The molecule has 3 aromatic carbocycles. The van der Waals surface area contributed by atoms with Crippen molar-refractivity contribution < 1.29 is 29.1 Å². The van der Waals surface area contributed by atoms with Crippen molar-refractivity contribution in [1.29, 1.82) is 0 Å². The number of hydrogen-bond donors (Lipinski definition) is 4. The van der Waals surface area contributed by atoms with Gasteiger partial charge < -0.3 is 31.2 Å². The highest BCUT2D eigenvalue weighted by molar-refractivity contribution is 8.00. The molecule has 4 aliphatic rings. The zero-order valence-corrected chi connectivity index (χ0v) is 30.3. The number of aliphatic carboxylic acids is 1. The third kappa shape index (κ3) is 6.21. The first-order chi connectivity index (χ1) is 26.3. The van der Waals surface area contributed by atoms with E-state index in [1.165, 1.54) is 16.7 Å². The minimum atomic E-state index is -1.34. The van der Waals surface area contributed by atoms with E-state index < -0.39 is 34.8 Å². The molecule has 0 aliphatic carbocycles. The van der Waals surface area contributed by atoms with E-state index in [9.17, 15) is 24.3 Å². The largest absolute Gasteiger partial charge is 0.477 e. The fourth-order valence-corrected chi connectivity index (χ4v) is 8.83. The second kappa shape index (κ2) is 14.5. The van der Waals surface area contributed by atoms with Gasteiger partial charge in [0.1, 0.15) is 17.1 Å². The summed E-state index contributed by atoms with van der Waals surface area (Å²) in [6.45, 7) is 2.02. The maximum absolute atomic E-state index is 14.2. The summed E-state index contributed by atoms with van der Waals surface area (Å²) in [4.78, 5) is 67.3. The summed E-state index contributed by atoms with van der Waals surface area (Å²) in [5.74, 6) is -2.74. The molecule has 14 nitrogen and oxygen atoms in total. The number of benzene rings is 3. The topological polar surface area (TPSA) is 192 Å². The van der Waals surface area contributed by atoms with Crippen molar-refractivity contribution in [1.82, 2.24) is 29.8 Å². The Labute approximate surface area is 317 Å². The average Bonchev–Trinajstić information content (AvgIpc) is 3.76. The molecule has 3 saturated heterocycles. The van der Waals surface area contributed by atoms with E-state index in [2.05, 4.69) is 25.1 Å². The number of hydrogen-bond acceptors (Lipinski definition) is 12. The predicted molar refractivity (Wildman–Crippen MR) is 202 cm³/mol. The number of anilines is 1. The van der Waals surface area contributed by atoms with Crippen LogP contribution in [0.2, 0.25) is 0 Å². The molecule has 8 rings (SSSR count). The normalized spacial score (nSPS) is 21.1. The van der Waals surface area contributed by atoms with E-state index in [0.717, 1.165) is 41.3 Å². The first-order valence-corrected chi connectivity index (χ1v) is 19.0. The standard InChI is InChI=1S/C38H34N8O6S2/c39-37-42-31(44-54-37)28(43-52-38(24-10-4-1-5-11-24,25-12-6-2-7-13-25)26-14-8-3-9-15-26)32(47)41-29-34(49)46-30(36(50)51)23(21-53-35(29)46)18-22-16-17-45(33(22)48)27-19-40-20-27/h1-15,18,27,29,35,40H,16-17,19-21H2,(H,41,47)(H,50,51)(H2,39,42,44)/t29-,35-/m1/s1. The van der Waals surface area contributed by atoms with E-state index >= 15 is 0 Å². The zero-order valence-electron chi connectivity index (χ0n) is 28.6. The molecule has 54 heavy (non-hydrogen) atoms. The van der Waals surface area contributed by atoms with Gasteiger partial charge in [0.25, 0.3) is 11.8 Å². The highest BCUT2D eigenvalue weighted by atomic mass is 32.2. The fourth-order valence-electron chi connectivity index (χ4n) is 7.09. The molecule has 0 saturated carbocycles. The van der Waals surface area contributed by atoms with Gasteiger partial charge in [-0.05, 0) is 18.1 Å². The third-order valence-corrected chi connectivity index (χ3v) is 11.7. The number of likely N-dealkylation sites (tertiary alicyclic amines) is 1. The smallest absolute Gasteiger partial charge is 0.352 e. The summed E-state index contributed by atoms with van der Waals surface area (Å²) in [6.07, 6.45) is 2.10. The second-order valence-corrected chi connectivity index (χ2v) is 14.9. The number of β-lactam (4-membered cyclic amide) rings is 1. The number of nitrogen functional groups attached to an aromatic ring is 1. The van der Waals surface area contributed by atoms with Gasteiger partial charge in [-0.25, -0.2) is 4.79 Å². The second-order valence-electron chi connectivity index (χ2n) is 13.0. The Kier molecular flexibility index (Phi) is 9.47. The van der Waals surface area contributed by atoms with Gasteiger partial charge in [0.05, 0.1) is 6.04 Å². The van der Waals surface area contributed by atoms with Crippen molar-refractivity contribution >= 4 is 57.8 Å². The van der Waals surface area contributed by atoms with E-state index in [1.54, 1.807) is 11.0 Å². The minimum Gasteiger partial charge on any atom is -0.477 e. The predicted octanol–water partition coefficient (Wildman–Crippen LogP) is 2.70. The maximum atomic E-state index is 14.2. The van der Waals surface area contributed by atoms with Gasteiger partial charge in [0.15, 0.2) is 5.13 Å². The van der Waals surface area contributed by atoms with Crippen molar-refractivity contribution in [2.75, 3.05) is 31.1 Å². The highest BCUT2D eigenvalue weighted by Gasteiger charge is 2.54. The quantitative estimate of drug-likeness (QED) is 0.0578. The number of nitrogens with one attached hydrogen (secondary N) is 2. The maximum Gasteiger partial charge on any atom is 0.352 e. The first kappa shape index (κ1) is 35.2. The Bertz CT molecular complexity index is 2110. The molecule has 0 bridgehead atoms. The van der Waals surface area contributed by atoms with Crippen molar-refractivity contribution in [3.05, 3.63) is 136 Å². The lowest BCUT2D eigenvalue weighted by molar-refractivity contribution is -0.150. The molecule has 5 N–H and O–H groups in total. The van der Waals surface area contributed by atoms with Crippen LogP contribution in [0.25, 0.3) is 0 Å². The van der Waals surface area contributed by atoms with Gasteiger partial charge in [-0.1, -0.05) is 96.2 Å². The fraction of sp³-hybridized carbons (Fsp3) is 0.237. The molecular formula is C38H34N8O6S2. The zero-order chi connectivity index (χ0) is 37.4. The van der Waals surface area contributed by atoms with Crippen LogP contribution in [0.15, 0.2) is 119 Å². The van der Waals surface area contributed by atoms with Crippen LogP contribution in [0, 0.1) is 0 Å². The Morgan fingerprint density at radius 3 is 2.11 bits per heavy atom. The van der Waals surface area contributed by atoms with Gasteiger partial charge >= 0.3 is 5.97 Å². The molecule has 0 radical (unpaired) electrons. The molecule has 4 aliphatic heterocycles. The number of carbonyl (C=O) groups is 4. The number of nitrogens with two attached hydrogens (primary N) is 1. The van der Waals surface area contributed by atoms with Crippen LogP contribution in [0.3, 0.4) is 0 Å². The number of rotatable bonds is 11. The van der Waals surface area contributed by atoms with Crippen molar-refractivity contribution in [3.8, 4) is 0 Å². The SMILES string of the molecule is Nc1nc(C(=NOC(c2ccccc2)(c2ccccc2)c2ccccc2)C(=O)N[C@@H]2C(=O)N3C(C(=O)O)=C(C=C4CCN(C5CNC5)C4=O)CS[C@H]23)ns1. The number of fused-ring (bicyclic) bond motifs is 1. The van der Waals surface area contributed by atoms with Gasteiger partial charge in [0, 0.05) is 59.2 Å². The number of nitrogens with zero attached hydrogens (tertiary/aromatic N) is 5. The number of allylic oxidation sites excluding steroid dienone is 1. The molecule has 3 amide bonds. The van der Waals surface area contributed by atoms with Gasteiger partial charge in [-0.15, -0.1) is 11.8 Å². The highest BCUT2D eigenvalue weighted by Crippen LogP contribution is 2.43. The monoisotopic (exact) mass is 762 g/mol. The molecule has 1 aromatic heterocycles. The molecule has 2 atom stereocenters. The van der Waals surface area contributed by atoms with Crippen LogP contribution >= 0.6 is 23.3 Å². The number of carbonyl (C=O) groups excluding carboxylic acids is 3. The van der Waals surface area contributed by atoms with Gasteiger partial charge in [-0.3, -0.25) is 19.3 Å². The van der Waals surface area contributed by atoms with Crippen LogP contribution in [-0.2, 0) is 29.6 Å². The first-order valence-electron chi connectivity index (χ1n) is 17.2. The van der Waals surface area contributed by atoms with Crippen LogP contribution in [0.5, 0.6) is 0 Å². The van der Waals surface area contributed by atoms with Gasteiger partial charge in [0.2, 0.25) is 23.0 Å². The number of aromatic nitrogens is 2. The molecular weight excluding hydrogens is 729 g/mol. The number of carboxylic acid groups (broad SMARTS) is 1. The summed E-state index contributed by atoms with van der Waals surface area (Å²) in [5.41, 5.74) is 7.14. The summed E-state index contributed by atoms with van der Waals surface area (Å²) < 4.78 is 4.24. The molecule has 16 heteroatoms. The summed E-state index contributed by atoms with van der Waals surface area (Å²) in [5, 5.41) is 20.0. The number of carboxylic acids is 1. The van der Waals surface area contributed by atoms with Gasteiger partial charge in [-0.2, -0.15) is 9.36 Å². The number of thioether (sulfide) groups is 1. The average molecular weight is 763 g/mol. The van der Waals surface area contributed by atoms with Crippen LogP contribution in [0.4, 0.5) is 5.13 Å². The van der Waals surface area contributed by atoms with Crippen LogP contribution in [0.1, 0.15) is 28.9 Å². The summed E-state index contributed by atoms with van der Waals surface area (Å²) in [6, 6.07) is 27.4. The van der Waals surface area contributed by atoms with E-state index in [1.807, 2.05) is 91.0 Å². The van der Waals surface area contributed by atoms with Crippen molar-refractivity contribution in [2.24, 2.45) is 5.16 Å². The Morgan fingerprint density at radius 1 is 0.981 bits per heavy atom. The molecule has 4 aromatic rings. The van der Waals surface area contributed by atoms with E-state index in [0.29, 0.717) is 24.1 Å². The molecule has 274 valence electrons. The van der Waals surface area contributed by atoms with Crippen LogP contribution < -0.4 is 16.4 Å². The molecule has 5 heterocycles. The molecule has 0 spiro atoms. The van der Waals surface area contributed by atoms with Crippen LogP contribution in [-0.4, -0.2) is 96.5 Å². The molecule has 0 unspecified atom stereocenters. The van der Waals surface area contributed by atoms with E-state index in [-0.39, 0.29) is 40.1 Å². The lowest BCUT2D eigenvalue weighted by atomic mass is 9.80. The number of oxime groups is 1. The summed E-state index contributed by atoms with van der Waals surface area (Å²) >= 11 is 2.16. The lowest BCUT2D eigenvalue weighted by Crippen LogP contribution is -2.71. The Hall–Kier alpha value is -5.84. The minimum absolute atomic E-state index is 0.0887. The summed E-state index contributed by atoms with van der Waals surface area (Å²) in [7, 11) is 0.